The molecule has 174 valence electrons. The van der Waals surface area contributed by atoms with Crippen LogP contribution in [-0.2, 0) is 28.4 Å². The van der Waals surface area contributed by atoms with E-state index in [1.165, 1.54) is 5.56 Å². The molecule has 4 aromatic rings. The molecule has 8 heteroatoms. The second-order valence-electron chi connectivity index (χ2n) is 7.69. The number of aromatic nitrogens is 3. The number of carbonyl (C=O) groups is 1. The first-order chi connectivity index (χ1) is 16.6. The summed E-state index contributed by atoms with van der Waals surface area (Å²) in [6, 6.07) is 25.6. The molecule has 1 aromatic heterocycles. The van der Waals surface area contributed by atoms with Crippen molar-refractivity contribution >= 4 is 29.3 Å². The lowest BCUT2D eigenvalue weighted by Gasteiger charge is -2.14. The number of benzene rings is 3. The Kier molecular flexibility index (Phi) is 8.36. The number of thioether (sulfide) groups is 1. The van der Waals surface area contributed by atoms with Gasteiger partial charge in [0.2, 0.25) is 5.91 Å². The minimum atomic E-state index is -0.216. The molecule has 1 heterocycles. The van der Waals surface area contributed by atoms with Crippen molar-refractivity contribution in [3.05, 3.63) is 106 Å². The Morgan fingerprint density at radius 3 is 2.44 bits per heavy atom. The van der Waals surface area contributed by atoms with Crippen LogP contribution in [0.3, 0.4) is 0 Å². The molecule has 0 fully saturated rings. The van der Waals surface area contributed by atoms with Crippen LogP contribution in [0.2, 0.25) is 5.02 Å². The summed E-state index contributed by atoms with van der Waals surface area (Å²) in [5, 5.41) is 13.0. The molecular formula is C26H25ClN4O2S. The molecule has 1 amide bonds. The summed E-state index contributed by atoms with van der Waals surface area (Å²) in [4.78, 5) is 12.4. The third kappa shape index (κ3) is 6.47. The smallest absolute Gasteiger partial charge is 0.246 e. The van der Waals surface area contributed by atoms with Gasteiger partial charge in [-0.1, -0.05) is 90.1 Å². The van der Waals surface area contributed by atoms with Crippen molar-refractivity contribution in [3.8, 4) is 5.69 Å². The number of ether oxygens (including phenoxy) is 1. The lowest BCUT2D eigenvalue weighted by molar-refractivity contribution is -0.126. The number of aryl methyl sites for hydroxylation is 1. The Morgan fingerprint density at radius 1 is 1.00 bits per heavy atom. The Balaban J connectivity index is 1.46. The quantitative estimate of drug-likeness (QED) is 0.302. The van der Waals surface area contributed by atoms with Gasteiger partial charge in [0.15, 0.2) is 11.0 Å². The van der Waals surface area contributed by atoms with E-state index < -0.39 is 0 Å². The molecule has 34 heavy (non-hydrogen) atoms. The van der Waals surface area contributed by atoms with Crippen LogP contribution < -0.4 is 5.32 Å². The molecule has 0 spiro atoms. The van der Waals surface area contributed by atoms with Crippen molar-refractivity contribution in [2.45, 2.75) is 31.0 Å². The Labute approximate surface area is 208 Å². The zero-order valence-corrected chi connectivity index (χ0v) is 20.4. The molecule has 6 nitrogen and oxygen atoms in total. The first kappa shape index (κ1) is 24.0. The molecule has 0 unspecified atom stereocenters. The van der Waals surface area contributed by atoms with E-state index in [2.05, 4.69) is 27.6 Å². The molecular weight excluding hydrogens is 468 g/mol. The van der Waals surface area contributed by atoms with Crippen LogP contribution in [0.1, 0.15) is 22.5 Å². The molecule has 4 rings (SSSR count). The third-order valence-electron chi connectivity index (χ3n) is 5.11. The second-order valence-corrected chi connectivity index (χ2v) is 9.07. The molecule has 3 aromatic carbocycles. The SMILES string of the molecule is Cc1ccc(Cl)cc1-n1c(CNC(=O)COCc2ccccc2)nnc1SCc1ccccc1. The van der Waals surface area contributed by atoms with E-state index in [1.54, 1.807) is 11.8 Å². The molecule has 0 atom stereocenters. The van der Waals surface area contributed by atoms with E-state index in [0.29, 0.717) is 17.5 Å². The second kappa shape index (κ2) is 11.8. The van der Waals surface area contributed by atoms with Gasteiger partial charge in [-0.2, -0.15) is 0 Å². The van der Waals surface area contributed by atoms with Crippen LogP contribution in [0.4, 0.5) is 0 Å². The van der Waals surface area contributed by atoms with Crippen molar-refractivity contribution < 1.29 is 9.53 Å². The first-order valence-electron chi connectivity index (χ1n) is 10.9. The number of hydrogen-bond acceptors (Lipinski definition) is 5. The van der Waals surface area contributed by atoms with Gasteiger partial charge in [0.05, 0.1) is 18.8 Å². The van der Waals surface area contributed by atoms with E-state index >= 15 is 0 Å². The Morgan fingerprint density at radius 2 is 1.71 bits per heavy atom. The van der Waals surface area contributed by atoms with Crippen molar-refractivity contribution in [2.75, 3.05) is 6.61 Å². The summed E-state index contributed by atoms with van der Waals surface area (Å²) < 4.78 is 7.49. The molecule has 0 aliphatic carbocycles. The highest BCUT2D eigenvalue weighted by Gasteiger charge is 2.17. The fourth-order valence-electron chi connectivity index (χ4n) is 3.36. The van der Waals surface area contributed by atoms with Crippen LogP contribution >= 0.6 is 23.4 Å². The summed E-state index contributed by atoms with van der Waals surface area (Å²) in [6.07, 6.45) is 0. The van der Waals surface area contributed by atoms with E-state index in [9.17, 15) is 4.79 Å². The third-order valence-corrected chi connectivity index (χ3v) is 6.35. The lowest BCUT2D eigenvalue weighted by Crippen LogP contribution is -2.28. The van der Waals surface area contributed by atoms with E-state index in [1.807, 2.05) is 78.2 Å². The number of carbonyl (C=O) groups excluding carboxylic acids is 1. The van der Waals surface area contributed by atoms with Gasteiger partial charge in [-0.15, -0.1) is 10.2 Å². The van der Waals surface area contributed by atoms with Gasteiger partial charge < -0.3 is 10.1 Å². The fourth-order valence-corrected chi connectivity index (χ4v) is 4.45. The number of amides is 1. The largest absolute Gasteiger partial charge is 0.367 e. The minimum absolute atomic E-state index is 0.0329. The van der Waals surface area contributed by atoms with Gasteiger partial charge >= 0.3 is 0 Å². The van der Waals surface area contributed by atoms with Crippen LogP contribution in [0.25, 0.3) is 5.69 Å². The average molecular weight is 493 g/mol. The predicted molar refractivity (Wildman–Crippen MR) is 135 cm³/mol. The standard InChI is InChI=1S/C26H25ClN4O2S/c1-19-12-13-22(27)14-23(19)31-24(29-30-26(31)34-18-21-10-6-3-7-11-21)15-28-25(32)17-33-16-20-8-4-2-5-9-20/h2-14H,15-18H2,1H3,(H,28,32). The molecule has 0 saturated heterocycles. The predicted octanol–water partition coefficient (Wildman–Crippen LogP) is 5.35. The first-order valence-corrected chi connectivity index (χ1v) is 12.2. The highest BCUT2D eigenvalue weighted by atomic mass is 35.5. The van der Waals surface area contributed by atoms with Gasteiger partial charge in [-0.3, -0.25) is 9.36 Å². The normalized spacial score (nSPS) is 10.9. The summed E-state index contributed by atoms with van der Waals surface area (Å²) in [5.74, 6) is 1.15. The number of nitrogens with one attached hydrogen (secondary N) is 1. The number of halogens is 1. The molecule has 0 saturated carbocycles. The maximum atomic E-state index is 12.4. The topological polar surface area (TPSA) is 69.0 Å². The Hall–Kier alpha value is -3.13. The molecule has 1 N–H and O–H groups in total. The van der Waals surface area contributed by atoms with E-state index in [0.717, 1.165) is 27.7 Å². The maximum absolute atomic E-state index is 12.4. The van der Waals surface area contributed by atoms with Crippen molar-refractivity contribution in [2.24, 2.45) is 0 Å². The van der Waals surface area contributed by atoms with Gasteiger partial charge in [0.25, 0.3) is 0 Å². The Bertz CT molecular complexity index is 1230. The van der Waals surface area contributed by atoms with Crippen LogP contribution in [-0.4, -0.2) is 27.3 Å². The van der Waals surface area contributed by atoms with Crippen molar-refractivity contribution in [1.82, 2.24) is 20.1 Å². The van der Waals surface area contributed by atoms with Gasteiger partial charge in [-0.25, -0.2) is 0 Å². The summed E-state index contributed by atoms with van der Waals surface area (Å²) >= 11 is 7.88. The zero-order valence-electron chi connectivity index (χ0n) is 18.8. The fraction of sp³-hybridized carbons (Fsp3) is 0.192. The average Bonchev–Trinajstić information content (AvgIpc) is 3.27. The highest BCUT2D eigenvalue weighted by molar-refractivity contribution is 7.98. The summed E-state index contributed by atoms with van der Waals surface area (Å²) in [6.45, 7) is 2.58. The maximum Gasteiger partial charge on any atom is 0.246 e. The van der Waals surface area contributed by atoms with Gasteiger partial charge in [0.1, 0.15) is 6.61 Å². The van der Waals surface area contributed by atoms with E-state index in [4.69, 9.17) is 16.3 Å². The van der Waals surface area contributed by atoms with Gasteiger partial charge in [0, 0.05) is 10.8 Å². The van der Waals surface area contributed by atoms with Crippen LogP contribution in [0, 0.1) is 6.92 Å². The minimum Gasteiger partial charge on any atom is -0.367 e. The molecule has 0 aliphatic rings. The molecule has 0 radical (unpaired) electrons. The van der Waals surface area contributed by atoms with Gasteiger partial charge in [-0.05, 0) is 35.7 Å². The van der Waals surface area contributed by atoms with Crippen LogP contribution in [0.5, 0.6) is 0 Å². The van der Waals surface area contributed by atoms with Crippen LogP contribution in [0.15, 0.2) is 84.0 Å². The van der Waals surface area contributed by atoms with Crippen molar-refractivity contribution in [3.63, 3.8) is 0 Å². The molecule has 0 bridgehead atoms. The highest BCUT2D eigenvalue weighted by Crippen LogP contribution is 2.28. The zero-order chi connectivity index (χ0) is 23.8. The number of rotatable bonds is 10. The summed E-state index contributed by atoms with van der Waals surface area (Å²) in [7, 11) is 0. The number of hydrogen-bond donors (Lipinski definition) is 1. The van der Waals surface area contributed by atoms with E-state index in [-0.39, 0.29) is 19.1 Å². The molecule has 0 aliphatic heterocycles. The van der Waals surface area contributed by atoms with Crippen molar-refractivity contribution in [1.29, 1.82) is 0 Å². The number of nitrogens with zero attached hydrogens (tertiary/aromatic N) is 3. The monoisotopic (exact) mass is 492 g/mol. The summed E-state index contributed by atoms with van der Waals surface area (Å²) in [5.41, 5.74) is 4.13. The lowest BCUT2D eigenvalue weighted by atomic mass is 10.2.